The number of hydrogen-bond acceptors (Lipinski definition) is 5. The zero-order chi connectivity index (χ0) is 18.6. The molecule has 0 aromatic carbocycles. The van der Waals surface area contributed by atoms with Gasteiger partial charge in [0.2, 0.25) is 5.91 Å². The minimum atomic E-state index is -4.53. The van der Waals surface area contributed by atoms with Crippen LogP contribution in [0.3, 0.4) is 0 Å². The summed E-state index contributed by atoms with van der Waals surface area (Å²) in [6.45, 7) is 6.12. The predicted octanol–water partition coefficient (Wildman–Crippen LogP) is 2.11. The molecule has 2 aromatic rings. The van der Waals surface area contributed by atoms with Gasteiger partial charge in [-0.15, -0.1) is 16.8 Å². The van der Waals surface area contributed by atoms with Crippen LogP contribution < -0.4 is 5.32 Å². The van der Waals surface area contributed by atoms with Gasteiger partial charge in [-0.05, 0) is 13.0 Å². The molecule has 2 rings (SSSR count). The summed E-state index contributed by atoms with van der Waals surface area (Å²) in [6.07, 6.45) is -2.97. The van der Waals surface area contributed by atoms with E-state index in [-0.39, 0.29) is 23.2 Å². The maximum absolute atomic E-state index is 12.8. The zero-order valence-corrected chi connectivity index (χ0v) is 14.5. The lowest BCUT2D eigenvalue weighted by Crippen LogP contribution is -2.25. The fourth-order valence-corrected chi connectivity index (χ4v) is 2.88. The van der Waals surface area contributed by atoms with Crippen LogP contribution in [0.1, 0.15) is 12.6 Å². The van der Waals surface area contributed by atoms with Gasteiger partial charge in [0.05, 0.1) is 5.75 Å². The molecule has 0 bridgehead atoms. The van der Waals surface area contributed by atoms with Gasteiger partial charge in [0.1, 0.15) is 5.69 Å². The number of nitrogens with zero attached hydrogens (tertiary/aromatic N) is 5. The van der Waals surface area contributed by atoms with Crippen LogP contribution in [0, 0.1) is 0 Å². The third-order valence-corrected chi connectivity index (χ3v) is 4.18. The molecule has 0 spiro atoms. The van der Waals surface area contributed by atoms with Gasteiger partial charge >= 0.3 is 6.18 Å². The molecule has 0 aliphatic carbocycles. The van der Waals surface area contributed by atoms with E-state index in [9.17, 15) is 18.0 Å². The molecule has 0 unspecified atom stereocenters. The van der Waals surface area contributed by atoms with Crippen LogP contribution in [0.4, 0.5) is 13.2 Å². The first-order valence-corrected chi connectivity index (χ1v) is 8.31. The SMILES string of the molecule is C=CCNC(=O)CSc1nnc(-c2cc(C(F)(F)F)nn2C)n1CC. The Morgan fingerprint density at radius 1 is 1.44 bits per heavy atom. The molecule has 0 aliphatic rings. The van der Waals surface area contributed by atoms with Crippen molar-refractivity contribution in [2.45, 2.75) is 24.8 Å². The Morgan fingerprint density at radius 3 is 2.72 bits per heavy atom. The van der Waals surface area contributed by atoms with Crippen molar-refractivity contribution >= 4 is 17.7 Å². The molecule has 11 heteroatoms. The maximum atomic E-state index is 12.8. The van der Waals surface area contributed by atoms with E-state index in [1.807, 2.05) is 6.92 Å². The predicted molar refractivity (Wildman–Crippen MR) is 86.8 cm³/mol. The molecule has 0 fully saturated rings. The van der Waals surface area contributed by atoms with E-state index in [4.69, 9.17) is 0 Å². The summed E-state index contributed by atoms with van der Waals surface area (Å²) >= 11 is 1.15. The first kappa shape index (κ1) is 19.0. The van der Waals surface area contributed by atoms with E-state index in [0.29, 0.717) is 18.2 Å². The van der Waals surface area contributed by atoms with Crippen molar-refractivity contribution in [1.82, 2.24) is 29.9 Å². The fraction of sp³-hybridized carbons (Fsp3) is 0.429. The lowest BCUT2D eigenvalue weighted by Gasteiger charge is -2.07. The lowest BCUT2D eigenvalue weighted by atomic mass is 10.3. The molecule has 0 saturated heterocycles. The Kier molecular flexibility index (Phi) is 5.88. The van der Waals surface area contributed by atoms with Crippen molar-refractivity contribution in [1.29, 1.82) is 0 Å². The van der Waals surface area contributed by atoms with Gasteiger partial charge in [-0.2, -0.15) is 18.3 Å². The number of alkyl halides is 3. The summed E-state index contributed by atoms with van der Waals surface area (Å²) in [5, 5.41) is 14.5. The molecular formula is C14H17F3N6OS. The average molecular weight is 374 g/mol. The molecule has 0 saturated carbocycles. The monoisotopic (exact) mass is 374 g/mol. The van der Waals surface area contributed by atoms with E-state index in [0.717, 1.165) is 22.5 Å². The topological polar surface area (TPSA) is 77.6 Å². The zero-order valence-electron chi connectivity index (χ0n) is 13.7. The summed E-state index contributed by atoms with van der Waals surface area (Å²) < 4.78 is 41.2. The first-order valence-electron chi connectivity index (χ1n) is 7.33. The summed E-state index contributed by atoms with van der Waals surface area (Å²) in [4.78, 5) is 11.6. The number of amides is 1. The average Bonchev–Trinajstić information content (AvgIpc) is 3.13. The van der Waals surface area contributed by atoms with Gasteiger partial charge in [-0.1, -0.05) is 17.8 Å². The van der Waals surface area contributed by atoms with Crippen LogP contribution >= 0.6 is 11.8 Å². The summed E-state index contributed by atoms with van der Waals surface area (Å²) in [6, 6.07) is 0.932. The largest absolute Gasteiger partial charge is 0.435 e. The van der Waals surface area contributed by atoms with Crippen LogP contribution in [-0.2, 0) is 24.6 Å². The summed E-state index contributed by atoms with van der Waals surface area (Å²) in [5.41, 5.74) is -0.793. The highest BCUT2D eigenvalue weighted by Crippen LogP contribution is 2.31. The highest BCUT2D eigenvalue weighted by atomic mass is 32.2. The third kappa shape index (κ3) is 4.41. The second-order valence-corrected chi connectivity index (χ2v) is 5.91. The van der Waals surface area contributed by atoms with Crippen molar-refractivity contribution < 1.29 is 18.0 Å². The highest BCUT2D eigenvalue weighted by molar-refractivity contribution is 7.99. The van der Waals surface area contributed by atoms with Crippen LogP contribution in [0.2, 0.25) is 0 Å². The molecule has 0 atom stereocenters. The standard InChI is InChI=1S/C14H17F3N6OS/c1-4-6-18-11(24)8-25-13-20-19-12(23(13)5-2)9-7-10(14(15,16)17)21-22(9)3/h4,7H,1,5-6,8H2,2-3H3,(H,18,24). The number of halogens is 3. The Labute approximate surface area is 146 Å². The highest BCUT2D eigenvalue weighted by Gasteiger charge is 2.35. The first-order chi connectivity index (χ1) is 11.8. The van der Waals surface area contributed by atoms with Gasteiger partial charge < -0.3 is 9.88 Å². The molecule has 1 N–H and O–H groups in total. The van der Waals surface area contributed by atoms with E-state index >= 15 is 0 Å². The minimum absolute atomic E-state index is 0.116. The van der Waals surface area contributed by atoms with E-state index in [1.165, 1.54) is 7.05 Å². The Bertz CT molecular complexity index is 767. The number of aromatic nitrogens is 5. The Balaban J connectivity index is 2.24. The number of rotatable bonds is 7. The molecule has 25 heavy (non-hydrogen) atoms. The quantitative estimate of drug-likeness (QED) is 0.593. The van der Waals surface area contributed by atoms with Gasteiger partial charge in [0.25, 0.3) is 0 Å². The lowest BCUT2D eigenvalue weighted by molar-refractivity contribution is -0.141. The van der Waals surface area contributed by atoms with Crippen molar-refractivity contribution in [3.05, 3.63) is 24.4 Å². The molecule has 0 radical (unpaired) electrons. The van der Waals surface area contributed by atoms with Gasteiger partial charge in [0.15, 0.2) is 16.7 Å². The molecule has 0 aliphatic heterocycles. The summed E-state index contributed by atoms with van der Waals surface area (Å²) in [5.74, 6) is 0.185. The number of carbonyl (C=O) groups excluding carboxylic acids is 1. The minimum Gasteiger partial charge on any atom is -0.352 e. The van der Waals surface area contributed by atoms with Crippen molar-refractivity contribution in [2.75, 3.05) is 12.3 Å². The number of nitrogens with one attached hydrogen (secondary N) is 1. The third-order valence-electron chi connectivity index (χ3n) is 3.21. The summed E-state index contributed by atoms with van der Waals surface area (Å²) in [7, 11) is 1.41. The molecule has 7 nitrogen and oxygen atoms in total. The van der Waals surface area contributed by atoms with Gasteiger partial charge in [-0.25, -0.2) is 0 Å². The number of hydrogen-bond donors (Lipinski definition) is 1. The maximum Gasteiger partial charge on any atom is 0.435 e. The fourth-order valence-electron chi connectivity index (χ4n) is 2.05. The second kappa shape index (κ2) is 7.72. The molecule has 2 aromatic heterocycles. The number of carbonyl (C=O) groups is 1. The van der Waals surface area contributed by atoms with E-state index in [1.54, 1.807) is 10.6 Å². The number of thioether (sulfide) groups is 1. The molecule has 136 valence electrons. The van der Waals surface area contributed by atoms with Crippen LogP contribution in [-0.4, -0.2) is 42.7 Å². The molecular weight excluding hydrogens is 357 g/mol. The van der Waals surface area contributed by atoms with E-state index in [2.05, 4.69) is 27.2 Å². The smallest absolute Gasteiger partial charge is 0.352 e. The number of aryl methyl sites for hydroxylation is 1. The van der Waals surface area contributed by atoms with Crippen LogP contribution in [0.25, 0.3) is 11.5 Å². The van der Waals surface area contributed by atoms with Crippen molar-refractivity contribution in [3.8, 4) is 11.5 Å². The molecule has 1 amide bonds. The van der Waals surface area contributed by atoms with Crippen molar-refractivity contribution in [2.24, 2.45) is 7.05 Å². The normalized spacial score (nSPS) is 11.6. The molecule has 2 heterocycles. The van der Waals surface area contributed by atoms with Crippen molar-refractivity contribution in [3.63, 3.8) is 0 Å². The Morgan fingerprint density at radius 2 is 2.16 bits per heavy atom. The van der Waals surface area contributed by atoms with Gasteiger partial charge in [0, 0.05) is 20.1 Å². The second-order valence-electron chi connectivity index (χ2n) is 4.97. The Hall–Kier alpha value is -2.30. The van der Waals surface area contributed by atoms with Gasteiger partial charge in [-0.3, -0.25) is 9.48 Å². The van der Waals surface area contributed by atoms with Crippen LogP contribution in [0.15, 0.2) is 23.9 Å². The van der Waals surface area contributed by atoms with E-state index < -0.39 is 11.9 Å². The van der Waals surface area contributed by atoms with Crippen LogP contribution in [0.5, 0.6) is 0 Å².